The summed E-state index contributed by atoms with van der Waals surface area (Å²) < 4.78 is 6.63. The van der Waals surface area contributed by atoms with Crippen LogP contribution in [-0.2, 0) is 17.9 Å². The van der Waals surface area contributed by atoms with E-state index in [4.69, 9.17) is 16.3 Å². The third kappa shape index (κ3) is 5.39. The van der Waals surface area contributed by atoms with Gasteiger partial charge in [0.2, 0.25) is 0 Å². The Morgan fingerprint density at radius 3 is 2.42 bits per heavy atom. The van der Waals surface area contributed by atoms with Gasteiger partial charge >= 0.3 is 0 Å². The zero-order chi connectivity index (χ0) is 21.8. The first kappa shape index (κ1) is 21.7. The monoisotopic (exact) mass is 513 g/mol. The Morgan fingerprint density at radius 2 is 1.71 bits per heavy atom. The number of halogens is 2. The van der Waals surface area contributed by atoms with E-state index in [1.807, 2.05) is 72.8 Å². The largest absolute Gasteiger partial charge is 0.488 e. The maximum atomic E-state index is 12.7. The predicted molar refractivity (Wildman–Crippen MR) is 128 cm³/mol. The fourth-order valence-corrected chi connectivity index (χ4v) is 4.49. The lowest BCUT2D eigenvalue weighted by Crippen LogP contribution is -2.27. The molecule has 0 saturated carbocycles. The number of thioether (sulfide) groups is 1. The van der Waals surface area contributed by atoms with Crippen molar-refractivity contribution in [2.24, 2.45) is 0 Å². The maximum Gasteiger partial charge on any atom is 0.293 e. The molecule has 1 saturated heterocycles. The van der Waals surface area contributed by atoms with Gasteiger partial charge in [-0.2, -0.15) is 0 Å². The van der Waals surface area contributed by atoms with Crippen LogP contribution in [0.3, 0.4) is 0 Å². The fraction of sp³-hybridized carbons (Fsp3) is 0.0833. The smallest absolute Gasteiger partial charge is 0.293 e. The molecule has 0 unspecified atom stereocenters. The standard InChI is InChI=1S/C24H17BrClNO3S/c25-20-12-18(8-11-21(20)30-15-17-6-9-19(26)10-7-17)13-22-23(28)27(24(29)31-22)14-16-4-2-1-3-5-16/h1-13H,14-15H2/b22-13+. The second-order valence-corrected chi connectivity index (χ2v) is 9.14. The molecule has 156 valence electrons. The molecule has 31 heavy (non-hydrogen) atoms. The summed E-state index contributed by atoms with van der Waals surface area (Å²) in [5.41, 5.74) is 2.72. The van der Waals surface area contributed by atoms with E-state index in [0.717, 1.165) is 32.9 Å². The Kier molecular flexibility index (Phi) is 6.80. The number of amides is 2. The first-order valence-corrected chi connectivity index (χ1v) is 11.4. The van der Waals surface area contributed by atoms with E-state index >= 15 is 0 Å². The zero-order valence-electron chi connectivity index (χ0n) is 16.3. The van der Waals surface area contributed by atoms with Gasteiger partial charge in [-0.1, -0.05) is 60.1 Å². The van der Waals surface area contributed by atoms with Gasteiger partial charge in [-0.3, -0.25) is 14.5 Å². The average molecular weight is 515 g/mol. The van der Waals surface area contributed by atoms with Gasteiger partial charge in [-0.15, -0.1) is 0 Å². The summed E-state index contributed by atoms with van der Waals surface area (Å²) in [6.07, 6.45) is 1.73. The van der Waals surface area contributed by atoms with Crippen molar-refractivity contribution in [3.8, 4) is 5.75 Å². The van der Waals surface area contributed by atoms with Gasteiger partial charge in [0.15, 0.2) is 0 Å². The number of ether oxygens (including phenoxy) is 1. The molecule has 1 aliphatic heterocycles. The summed E-state index contributed by atoms with van der Waals surface area (Å²) in [5, 5.41) is 0.421. The quantitative estimate of drug-likeness (QED) is 0.335. The Morgan fingerprint density at radius 1 is 0.968 bits per heavy atom. The molecule has 3 aromatic rings. The first-order chi connectivity index (χ1) is 15.0. The highest BCUT2D eigenvalue weighted by atomic mass is 79.9. The molecule has 2 amide bonds. The van der Waals surface area contributed by atoms with Crippen molar-refractivity contribution in [2.75, 3.05) is 0 Å². The van der Waals surface area contributed by atoms with E-state index in [1.165, 1.54) is 4.90 Å². The van der Waals surface area contributed by atoms with Gasteiger partial charge in [0, 0.05) is 5.02 Å². The Labute approximate surface area is 198 Å². The number of hydrogen-bond donors (Lipinski definition) is 0. The molecule has 4 nitrogen and oxygen atoms in total. The van der Waals surface area contributed by atoms with Gasteiger partial charge < -0.3 is 4.74 Å². The van der Waals surface area contributed by atoms with Crippen LogP contribution < -0.4 is 4.74 Å². The molecule has 7 heteroatoms. The summed E-state index contributed by atoms with van der Waals surface area (Å²) in [5.74, 6) is 0.405. The highest BCUT2D eigenvalue weighted by Crippen LogP contribution is 2.35. The SMILES string of the molecule is O=C1S/C(=C/c2ccc(OCc3ccc(Cl)cc3)c(Br)c2)C(=O)N1Cc1ccccc1. The topological polar surface area (TPSA) is 46.6 Å². The summed E-state index contributed by atoms with van der Waals surface area (Å²) in [4.78, 5) is 26.7. The molecular weight excluding hydrogens is 498 g/mol. The molecule has 0 aromatic heterocycles. The van der Waals surface area contributed by atoms with Crippen molar-refractivity contribution in [1.29, 1.82) is 0 Å². The van der Waals surface area contributed by atoms with Crippen LogP contribution in [0.15, 0.2) is 82.2 Å². The van der Waals surface area contributed by atoms with Crippen LogP contribution >= 0.6 is 39.3 Å². The molecule has 0 radical (unpaired) electrons. The minimum absolute atomic E-state index is 0.262. The van der Waals surface area contributed by atoms with Crippen LogP contribution in [-0.4, -0.2) is 16.0 Å². The molecule has 0 N–H and O–H groups in total. The molecule has 1 fully saturated rings. The minimum Gasteiger partial charge on any atom is -0.488 e. The lowest BCUT2D eigenvalue weighted by Gasteiger charge is -2.12. The summed E-state index contributed by atoms with van der Waals surface area (Å²) in [7, 11) is 0. The number of benzene rings is 3. The number of hydrogen-bond acceptors (Lipinski definition) is 4. The second-order valence-electron chi connectivity index (χ2n) is 6.86. The predicted octanol–water partition coefficient (Wildman–Crippen LogP) is 6.92. The molecule has 0 atom stereocenters. The van der Waals surface area contributed by atoms with Gasteiger partial charge in [0.05, 0.1) is 15.9 Å². The molecule has 1 heterocycles. The van der Waals surface area contributed by atoms with Crippen LogP contribution in [0.5, 0.6) is 5.75 Å². The van der Waals surface area contributed by atoms with E-state index in [1.54, 1.807) is 6.08 Å². The van der Waals surface area contributed by atoms with Crippen LogP contribution in [0.2, 0.25) is 5.02 Å². The van der Waals surface area contributed by atoms with Crippen LogP contribution in [0.4, 0.5) is 4.79 Å². The van der Waals surface area contributed by atoms with E-state index in [0.29, 0.717) is 22.3 Å². The third-order valence-electron chi connectivity index (χ3n) is 4.62. The third-order valence-corrected chi connectivity index (χ3v) is 6.40. The van der Waals surface area contributed by atoms with Gasteiger partial charge in [0.1, 0.15) is 12.4 Å². The number of carbonyl (C=O) groups excluding carboxylic acids is 2. The van der Waals surface area contributed by atoms with Crippen molar-refractivity contribution < 1.29 is 14.3 Å². The van der Waals surface area contributed by atoms with Crippen molar-refractivity contribution in [3.05, 3.63) is 104 Å². The van der Waals surface area contributed by atoms with Gasteiger partial charge in [-0.25, -0.2) is 0 Å². The average Bonchev–Trinajstić information content (AvgIpc) is 3.02. The molecule has 0 bridgehead atoms. The number of rotatable bonds is 6. The van der Waals surface area contributed by atoms with E-state index in [2.05, 4.69) is 15.9 Å². The molecule has 1 aliphatic rings. The van der Waals surface area contributed by atoms with Crippen molar-refractivity contribution in [2.45, 2.75) is 13.2 Å². The summed E-state index contributed by atoms with van der Waals surface area (Å²) in [6, 6.07) is 22.5. The Hall–Kier alpha value is -2.54. The van der Waals surface area contributed by atoms with E-state index in [9.17, 15) is 9.59 Å². The summed E-state index contributed by atoms with van der Waals surface area (Å²) >= 11 is 10.4. The Balaban J connectivity index is 1.44. The van der Waals surface area contributed by atoms with Crippen molar-refractivity contribution in [3.63, 3.8) is 0 Å². The number of carbonyl (C=O) groups is 2. The normalized spacial score (nSPS) is 15.0. The maximum absolute atomic E-state index is 12.7. The lowest BCUT2D eigenvalue weighted by molar-refractivity contribution is -0.123. The lowest BCUT2D eigenvalue weighted by atomic mass is 10.2. The molecule has 4 rings (SSSR count). The van der Waals surface area contributed by atoms with E-state index in [-0.39, 0.29) is 17.7 Å². The van der Waals surface area contributed by atoms with Crippen LogP contribution in [0.1, 0.15) is 16.7 Å². The summed E-state index contributed by atoms with van der Waals surface area (Å²) in [6.45, 7) is 0.678. The molecular formula is C24H17BrClNO3S. The zero-order valence-corrected chi connectivity index (χ0v) is 19.4. The second kappa shape index (κ2) is 9.73. The fourth-order valence-electron chi connectivity index (χ4n) is 3.02. The van der Waals surface area contributed by atoms with Gasteiger partial charge in [-0.05, 0) is 74.7 Å². The Bertz CT molecular complexity index is 1150. The van der Waals surface area contributed by atoms with E-state index < -0.39 is 0 Å². The van der Waals surface area contributed by atoms with Crippen LogP contribution in [0, 0.1) is 0 Å². The van der Waals surface area contributed by atoms with Crippen molar-refractivity contribution >= 4 is 56.5 Å². The molecule has 0 spiro atoms. The van der Waals surface area contributed by atoms with Gasteiger partial charge in [0.25, 0.3) is 11.1 Å². The highest BCUT2D eigenvalue weighted by molar-refractivity contribution is 9.10. The van der Waals surface area contributed by atoms with Crippen molar-refractivity contribution in [1.82, 2.24) is 4.90 Å². The molecule has 0 aliphatic carbocycles. The first-order valence-electron chi connectivity index (χ1n) is 9.46. The van der Waals surface area contributed by atoms with Crippen LogP contribution in [0.25, 0.3) is 6.08 Å². The minimum atomic E-state index is -0.280. The molecule has 3 aromatic carbocycles. The number of imide groups is 1. The number of nitrogens with zero attached hydrogens (tertiary/aromatic N) is 1. The highest BCUT2D eigenvalue weighted by Gasteiger charge is 2.34.